The van der Waals surface area contributed by atoms with Gasteiger partial charge < -0.3 is 14.3 Å². The largest absolute Gasteiger partial charge is 0.503 e. The third-order valence-corrected chi connectivity index (χ3v) is 5.95. The number of aliphatic hydroxyl groups excluding tert-OH is 1. The number of ketones is 1. The second kappa shape index (κ2) is 9.00. The Bertz CT molecular complexity index is 1160. The summed E-state index contributed by atoms with van der Waals surface area (Å²) in [6, 6.07) is 9.56. The van der Waals surface area contributed by atoms with Gasteiger partial charge in [-0.25, -0.2) is 4.98 Å². The highest BCUT2D eigenvalue weighted by atomic mass is 32.1. The summed E-state index contributed by atoms with van der Waals surface area (Å²) in [4.78, 5) is 31.9. The molecule has 7 nitrogen and oxygen atoms in total. The van der Waals surface area contributed by atoms with E-state index in [4.69, 9.17) is 9.15 Å². The molecule has 1 amide bonds. The number of carbonyl (C=O) groups excluding carboxylic acids is 2. The number of nitrogens with zero attached hydrogens (tertiary/aromatic N) is 2. The molecule has 8 heteroatoms. The molecule has 3 aromatic rings. The van der Waals surface area contributed by atoms with E-state index in [0.717, 1.165) is 6.42 Å². The van der Waals surface area contributed by atoms with Crippen LogP contribution in [0.4, 0.5) is 5.13 Å². The number of aromatic nitrogens is 1. The predicted molar refractivity (Wildman–Crippen MR) is 121 cm³/mol. The Balaban J connectivity index is 1.76. The van der Waals surface area contributed by atoms with Gasteiger partial charge in [-0.15, -0.1) is 11.3 Å². The highest BCUT2D eigenvalue weighted by molar-refractivity contribution is 7.13. The number of benzene rings is 1. The number of hydrogen-bond donors (Lipinski definition) is 1. The minimum atomic E-state index is -0.861. The van der Waals surface area contributed by atoms with Gasteiger partial charge in [0.05, 0.1) is 18.2 Å². The van der Waals surface area contributed by atoms with E-state index < -0.39 is 23.5 Å². The summed E-state index contributed by atoms with van der Waals surface area (Å²) in [6.07, 6.45) is 2.47. The van der Waals surface area contributed by atoms with Gasteiger partial charge in [-0.2, -0.15) is 0 Å². The maximum Gasteiger partial charge on any atom is 0.296 e. The summed E-state index contributed by atoms with van der Waals surface area (Å²) in [7, 11) is 0. The Morgan fingerprint density at radius 3 is 2.78 bits per heavy atom. The fourth-order valence-electron chi connectivity index (χ4n) is 3.56. The smallest absolute Gasteiger partial charge is 0.296 e. The topological polar surface area (TPSA) is 92.9 Å². The van der Waals surface area contributed by atoms with Crippen molar-refractivity contribution in [2.45, 2.75) is 33.2 Å². The number of aliphatic hydroxyl groups is 1. The van der Waals surface area contributed by atoms with Gasteiger partial charge in [0.1, 0.15) is 11.5 Å². The number of anilines is 1. The van der Waals surface area contributed by atoms with E-state index in [2.05, 4.69) is 18.8 Å². The molecule has 0 aliphatic carbocycles. The molecule has 0 fully saturated rings. The fourth-order valence-corrected chi connectivity index (χ4v) is 4.23. The molecule has 32 heavy (non-hydrogen) atoms. The number of rotatable bonds is 8. The molecule has 1 aromatic carbocycles. The first kappa shape index (κ1) is 21.8. The second-order valence-corrected chi connectivity index (χ2v) is 8.87. The normalized spacial score (nSPS) is 16.3. The summed E-state index contributed by atoms with van der Waals surface area (Å²) in [6.45, 7) is 6.52. The van der Waals surface area contributed by atoms with Crippen molar-refractivity contribution in [1.29, 1.82) is 0 Å². The Kier molecular flexibility index (Phi) is 6.14. The lowest BCUT2D eigenvalue weighted by atomic mass is 9.95. The van der Waals surface area contributed by atoms with Crippen molar-refractivity contribution in [1.82, 2.24) is 4.98 Å². The van der Waals surface area contributed by atoms with Crippen LogP contribution in [0.5, 0.6) is 5.75 Å². The molecule has 4 rings (SSSR count). The van der Waals surface area contributed by atoms with Crippen LogP contribution in [0.2, 0.25) is 0 Å². The molecule has 0 saturated heterocycles. The van der Waals surface area contributed by atoms with Crippen molar-refractivity contribution in [3.63, 3.8) is 0 Å². The number of amides is 1. The standard InChI is InChI=1S/C24H24N2O5S/c1-14(2)9-11-30-17-6-4-5-16(13-17)20-19(21(27)18-8-7-15(3)31-18)22(28)23(29)26(20)24-25-10-12-32-24/h4-8,10,12-14,20,28H,9,11H2,1-3H3/t20-/m0/s1. The molecular weight excluding hydrogens is 428 g/mol. The number of hydrogen-bond acceptors (Lipinski definition) is 7. The third-order valence-electron chi connectivity index (χ3n) is 5.18. The molecule has 1 N–H and O–H groups in total. The van der Waals surface area contributed by atoms with Gasteiger partial charge >= 0.3 is 0 Å². The van der Waals surface area contributed by atoms with Crippen LogP contribution in [0.1, 0.15) is 48.2 Å². The van der Waals surface area contributed by atoms with Crippen molar-refractivity contribution in [3.05, 3.63) is 76.4 Å². The molecule has 1 aliphatic rings. The summed E-state index contributed by atoms with van der Waals surface area (Å²) in [5.41, 5.74) is 0.588. The van der Waals surface area contributed by atoms with Crippen molar-refractivity contribution in [2.75, 3.05) is 11.5 Å². The second-order valence-electron chi connectivity index (χ2n) is 8.00. The lowest BCUT2D eigenvalue weighted by molar-refractivity contribution is -0.117. The molecule has 0 unspecified atom stereocenters. The average molecular weight is 453 g/mol. The van der Waals surface area contributed by atoms with Gasteiger partial charge in [0.15, 0.2) is 16.7 Å². The average Bonchev–Trinajstić information content (AvgIpc) is 3.49. The van der Waals surface area contributed by atoms with E-state index >= 15 is 0 Å². The zero-order valence-corrected chi connectivity index (χ0v) is 18.9. The summed E-state index contributed by atoms with van der Waals surface area (Å²) >= 11 is 1.25. The Morgan fingerprint density at radius 1 is 1.31 bits per heavy atom. The molecule has 166 valence electrons. The van der Waals surface area contributed by atoms with Gasteiger partial charge in [0, 0.05) is 11.6 Å². The fraction of sp³-hybridized carbons (Fsp3) is 0.292. The Morgan fingerprint density at radius 2 is 2.12 bits per heavy atom. The Labute approximate surface area is 190 Å². The molecule has 1 atom stereocenters. The van der Waals surface area contributed by atoms with E-state index in [-0.39, 0.29) is 11.3 Å². The van der Waals surface area contributed by atoms with E-state index in [0.29, 0.717) is 34.7 Å². The summed E-state index contributed by atoms with van der Waals surface area (Å²) in [5.74, 6) is -0.0651. The van der Waals surface area contributed by atoms with Crippen LogP contribution in [-0.2, 0) is 4.79 Å². The van der Waals surface area contributed by atoms with Crippen LogP contribution >= 0.6 is 11.3 Å². The van der Waals surface area contributed by atoms with Gasteiger partial charge in [0.25, 0.3) is 5.91 Å². The first-order valence-electron chi connectivity index (χ1n) is 10.4. The quantitative estimate of drug-likeness (QED) is 0.469. The van der Waals surface area contributed by atoms with E-state index in [1.807, 2.05) is 6.07 Å². The van der Waals surface area contributed by atoms with E-state index in [9.17, 15) is 14.7 Å². The van der Waals surface area contributed by atoms with Crippen LogP contribution < -0.4 is 9.64 Å². The van der Waals surface area contributed by atoms with Gasteiger partial charge in [-0.1, -0.05) is 26.0 Å². The lowest BCUT2D eigenvalue weighted by Gasteiger charge is -2.24. The highest BCUT2D eigenvalue weighted by Crippen LogP contribution is 2.43. The maximum atomic E-state index is 13.3. The van der Waals surface area contributed by atoms with Crippen molar-refractivity contribution in [3.8, 4) is 5.75 Å². The SMILES string of the molecule is Cc1ccc(C(=O)C2=C(O)C(=O)N(c3nccs3)[C@H]2c2cccc(OCCC(C)C)c2)o1. The molecule has 2 aromatic heterocycles. The number of carbonyl (C=O) groups is 2. The minimum absolute atomic E-state index is 0.0427. The number of aryl methyl sites for hydroxylation is 1. The van der Waals surface area contributed by atoms with Crippen LogP contribution in [-0.4, -0.2) is 28.4 Å². The van der Waals surface area contributed by atoms with Crippen LogP contribution in [0.3, 0.4) is 0 Å². The molecule has 0 saturated carbocycles. The minimum Gasteiger partial charge on any atom is -0.503 e. The molecule has 3 heterocycles. The van der Waals surface area contributed by atoms with Gasteiger partial charge in [-0.3, -0.25) is 14.5 Å². The zero-order valence-electron chi connectivity index (χ0n) is 18.1. The maximum absolute atomic E-state index is 13.3. The lowest BCUT2D eigenvalue weighted by Crippen LogP contribution is -2.31. The first-order valence-corrected chi connectivity index (χ1v) is 11.2. The molecule has 0 radical (unpaired) electrons. The first-order chi connectivity index (χ1) is 15.4. The number of Topliss-reactive ketones (excluding diaryl/α,β-unsaturated/α-hetero) is 1. The number of furan rings is 1. The number of thiazole rings is 1. The van der Waals surface area contributed by atoms with Gasteiger partial charge in [-0.05, 0) is 49.1 Å². The predicted octanol–water partition coefficient (Wildman–Crippen LogP) is 5.25. The van der Waals surface area contributed by atoms with Crippen molar-refractivity contribution >= 4 is 28.2 Å². The molecular formula is C24H24N2O5S. The molecule has 0 bridgehead atoms. The zero-order chi connectivity index (χ0) is 22.8. The highest BCUT2D eigenvalue weighted by Gasteiger charge is 2.46. The molecule has 1 aliphatic heterocycles. The Hall–Kier alpha value is -3.39. The van der Waals surface area contributed by atoms with E-state index in [1.165, 1.54) is 22.3 Å². The van der Waals surface area contributed by atoms with E-state index in [1.54, 1.807) is 42.8 Å². The van der Waals surface area contributed by atoms with Crippen LogP contribution in [0, 0.1) is 12.8 Å². The summed E-state index contributed by atoms with van der Waals surface area (Å²) in [5, 5.41) is 12.9. The number of ether oxygens (including phenoxy) is 1. The van der Waals surface area contributed by atoms with Crippen LogP contribution in [0.25, 0.3) is 0 Å². The third kappa shape index (κ3) is 4.18. The monoisotopic (exact) mass is 452 g/mol. The van der Waals surface area contributed by atoms with Gasteiger partial charge in [0.2, 0.25) is 5.78 Å². The summed E-state index contributed by atoms with van der Waals surface area (Å²) < 4.78 is 11.4. The van der Waals surface area contributed by atoms with Crippen LogP contribution in [0.15, 0.2) is 63.7 Å². The van der Waals surface area contributed by atoms with Crippen molar-refractivity contribution in [2.24, 2.45) is 5.92 Å². The molecule has 0 spiro atoms. The van der Waals surface area contributed by atoms with Crippen molar-refractivity contribution < 1.29 is 23.8 Å².